The first-order chi connectivity index (χ1) is 5.77. The van der Waals surface area contributed by atoms with Crippen LogP contribution in [0.5, 0.6) is 0 Å². The summed E-state index contributed by atoms with van der Waals surface area (Å²) >= 11 is 0. The third kappa shape index (κ3) is 1.16. The lowest BCUT2D eigenvalue weighted by atomic mass is 9.91. The maximum atomic E-state index is 5.41. The number of nitrogens with one attached hydrogen (secondary N) is 2. The highest BCUT2D eigenvalue weighted by atomic mass is 16.5. The Morgan fingerprint density at radius 1 is 1.58 bits per heavy atom. The number of hydrogen-bond acceptors (Lipinski definition) is 3. The summed E-state index contributed by atoms with van der Waals surface area (Å²) in [6.07, 6.45) is 2.86. The van der Waals surface area contributed by atoms with Crippen LogP contribution in [0.4, 0.5) is 0 Å². The Morgan fingerprint density at radius 3 is 3.17 bits per heavy atom. The molecule has 0 saturated carbocycles. The molecular weight excluding hydrogens is 152 g/mol. The molecular formula is C9H18N2O. The lowest BCUT2D eigenvalue weighted by Crippen LogP contribution is -2.63. The van der Waals surface area contributed by atoms with Crippen molar-refractivity contribution in [2.45, 2.75) is 37.5 Å². The van der Waals surface area contributed by atoms with Crippen molar-refractivity contribution in [3.63, 3.8) is 0 Å². The van der Waals surface area contributed by atoms with Crippen molar-refractivity contribution in [2.75, 3.05) is 20.2 Å². The monoisotopic (exact) mass is 170 g/mol. The molecule has 2 N–H and O–H groups in total. The molecule has 3 nitrogen and oxygen atoms in total. The average molecular weight is 170 g/mol. The van der Waals surface area contributed by atoms with E-state index in [9.17, 15) is 0 Å². The molecule has 12 heavy (non-hydrogen) atoms. The fourth-order valence-corrected chi connectivity index (χ4v) is 2.43. The highest BCUT2D eigenvalue weighted by Gasteiger charge is 2.45. The van der Waals surface area contributed by atoms with E-state index in [1.165, 1.54) is 12.8 Å². The highest BCUT2D eigenvalue weighted by molar-refractivity contribution is 5.06. The standard InChI is InChI=1S/C9H18N2O/c1-7(12-2)9-4-3-8(11-9)5-10-6-9/h7-8,10-11H,3-6H2,1-2H3. The molecule has 2 rings (SSSR count). The summed E-state index contributed by atoms with van der Waals surface area (Å²) < 4.78 is 5.41. The first kappa shape index (κ1) is 8.48. The van der Waals surface area contributed by atoms with Crippen LogP contribution in [0.3, 0.4) is 0 Å². The topological polar surface area (TPSA) is 33.3 Å². The third-order valence-corrected chi connectivity index (χ3v) is 3.39. The molecule has 3 unspecified atom stereocenters. The van der Waals surface area contributed by atoms with E-state index in [2.05, 4.69) is 17.6 Å². The molecule has 3 atom stereocenters. The zero-order valence-electron chi connectivity index (χ0n) is 7.89. The van der Waals surface area contributed by atoms with Gasteiger partial charge in [0.05, 0.1) is 11.6 Å². The second-order valence-electron chi connectivity index (χ2n) is 4.04. The zero-order chi connectivity index (χ0) is 8.60. The fourth-order valence-electron chi connectivity index (χ4n) is 2.43. The smallest absolute Gasteiger partial charge is 0.0737 e. The predicted octanol–water partition coefficient (Wildman–Crippen LogP) is 0.115. The number of piperazine rings is 1. The molecule has 0 aromatic carbocycles. The largest absolute Gasteiger partial charge is 0.380 e. The molecule has 0 radical (unpaired) electrons. The molecule has 2 heterocycles. The van der Waals surface area contributed by atoms with Crippen molar-refractivity contribution in [3.8, 4) is 0 Å². The van der Waals surface area contributed by atoms with E-state index in [0.717, 1.165) is 13.1 Å². The van der Waals surface area contributed by atoms with Crippen LogP contribution in [0.25, 0.3) is 0 Å². The molecule has 3 heteroatoms. The normalized spacial score (nSPS) is 43.0. The van der Waals surface area contributed by atoms with Gasteiger partial charge in [0.25, 0.3) is 0 Å². The minimum absolute atomic E-state index is 0.220. The first-order valence-electron chi connectivity index (χ1n) is 4.78. The molecule has 2 fully saturated rings. The number of methoxy groups -OCH3 is 1. The number of fused-ring (bicyclic) bond motifs is 2. The van der Waals surface area contributed by atoms with E-state index in [1.54, 1.807) is 7.11 Å². The van der Waals surface area contributed by atoms with Crippen molar-refractivity contribution >= 4 is 0 Å². The van der Waals surface area contributed by atoms with E-state index < -0.39 is 0 Å². The Kier molecular flexibility index (Phi) is 2.10. The molecule has 2 saturated heterocycles. The van der Waals surface area contributed by atoms with E-state index in [4.69, 9.17) is 4.74 Å². The van der Waals surface area contributed by atoms with Crippen molar-refractivity contribution in [1.29, 1.82) is 0 Å². The Bertz CT molecular complexity index is 170. The number of hydrogen-bond donors (Lipinski definition) is 2. The van der Waals surface area contributed by atoms with Crippen molar-refractivity contribution < 1.29 is 4.74 Å². The molecule has 0 aromatic rings. The van der Waals surface area contributed by atoms with Gasteiger partial charge < -0.3 is 15.4 Å². The van der Waals surface area contributed by atoms with E-state index >= 15 is 0 Å². The van der Waals surface area contributed by atoms with Gasteiger partial charge >= 0.3 is 0 Å². The summed E-state index contributed by atoms with van der Waals surface area (Å²) in [5.74, 6) is 0. The summed E-state index contributed by atoms with van der Waals surface area (Å²) in [6.45, 7) is 4.33. The Morgan fingerprint density at radius 2 is 2.42 bits per heavy atom. The van der Waals surface area contributed by atoms with E-state index in [-0.39, 0.29) is 5.54 Å². The summed E-state index contributed by atoms with van der Waals surface area (Å²) in [4.78, 5) is 0. The predicted molar refractivity (Wildman–Crippen MR) is 48.2 cm³/mol. The van der Waals surface area contributed by atoms with Gasteiger partial charge in [-0.3, -0.25) is 0 Å². The molecule has 0 spiro atoms. The average Bonchev–Trinajstić information content (AvgIpc) is 2.42. The minimum atomic E-state index is 0.220. The van der Waals surface area contributed by atoms with Crippen LogP contribution in [0, 0.1) is 0 Å². The fraction of sp³-hybridized carbons (Fsp3) is 1.00. The molecule has 0 aromatic heterocycles. The Hall–Kier alpha value is -0.120. The van der Waals surface area contributed by atoms with Crippen LogP contribution in [0.2, 0.25) is 0 Å². The molecule has 2 aliphatic rings. The summed E-state index contributed by atoms with van der Waals surface area (Å²) in [7, 11) is 1.79. The zero-order valence-corrected chi connectivity index (χ0v) is 7.89. The lowest BCUT2D eigenvalue weighted by molar-refractivity contribution is 0.0305. The van der Waals surface area contributed by atoms with E-state index in [0.29, 0.717) is 12.1 Å². The van der Waals surface area contributed by atoms with Gasteiger partial charge in [0.1, 0.15) is 0 Å². The van der Waals surface area contributed by atoms with Crippen LogP contribution in [0.15, 0.2) is 0 Å². The number of rotatable bonds is 2. The van der Waals surface area contributed by atoms with Gasteiger partial charge in [-0.05, 0) is 19.8 Å². The van der Waals surface area contributed by atoms with Crippen LogP contribution >= 0.6 is 0 Å². The van der Waals surface area contributed by atoms with Crippen molar-refractivity contribution in [1.82, 2.24) is 10.6 Å². The van der Waals surface area contributed by atoms with Crippen LogP contribution < -0.4 is 10.6 Å². The van der Waals surface area contributed by atoms with Gasteiger partial charge in [0, 0.05) is 26.2 Å². The molecule has 2 bridgehead atoms. The van der Waals surface area contributed by atoms with Crippen molar-refractivity contribution in [2.24, 2.45) is 0 Å². The lowest BCUT2D eigenvalue weighted by Gasteiger charge is -2.39. The quantitative estimate of drug-likeness (QED) is 0.617. The van der Waals surface area contributed by atoms with Gasteiger partial charge in [-0.15, -0.1) is 0 Å². The van der Waals surface area contributed by atoms with Crippen molar-refractivity contribution in [3.05, 3.63) is 0 Å². The summed E-state index contributed by atoms with van der Waals surface area (Å²) in [5, 5.41) is 7.13. The van der Waals surface area contributed by atoms with Crippen LogP contribution in [0.1, 0.15) is 19.8 Å². The number of ether oxygens (including phenoxy) is 1. The first-order valence-corrected chi connectivity index (χ1v) is 4.78. The van der Waals surface area contributed by atoms with Crippen LogP contribution in [-0.2, 0) is 4.74 Å². The summed E-state index contributed by atoms with van der Waals surface area (Å²) in [5.41, 5.74) is 0.220. The maximum Gasteiger partial charge on any atom is 0.0737 e. The van der Waals surface area contributed by atoms with E-state index in [1.807, 2.05) is 0 Å². The van der Waals surface area contributed by atoms with Gasteiger partial charge in [-0.2, -0.15) is 0 Å². The second-order valence-corrected chi connectivity index (χ2v) is 4.04. The Balaban J connectivity index is 2.09. The van der Waals surface area contributed by atoms with Crippen LogP contribution in [-0.4, -0.2) is 37.9 Å². The molecule has 0 amide bonds. The van der Waals surface area contributed by atoms with Gasteiger partial charge in [0.2, 0.25) is 0 Å². The van der Waals surface area contributed by atoms with Gasteiger partial charge in [-0.1, -0.05) is 0 Å². The molecule has 0 aliphatic carbocycles. The SMILES string of the molecule is COC(C)C12CCC(CNC1)N2. The van der Waals surface area contributed by atoms with Gasteiger partial charge in [-0.25, -0.2) is 0 Å². The Labute approximate surface area is 73.9 Å². The minimum Gasteiger partial charge on any atom is -0.380 e. The summed E-state index contributed by atoms with van der Waals surface area (Å²) in [6, 6.07) is 0.677. The van der Waals surface area contributed by atoms with Gasteiger partial charge in [0.15, 0.2) is 0 Å². The molecule has 70 valence electrons. The maximum absolute atomic E-state index is 5.41. The second kappa shape index (κ2) is 2.98. The highest BCUT2D eigenvalue weighted by Crippen LogP contribution is 2.30. The third-order valence-electron chi connectivity index (χ3n) is 3.39. The molecule has 2 aliphatic heterocycles.